The normalized spacial score (nSPS) is 11.0. The SMILES string of the molecule is NCCc1nc2ccccc2n1CCc1cccc(C(N)=O)c1. The molecule has 0 bridgehead atoms. The van der Waals surface area contributed by atoms with E-state index in [0.29, 0.717) is 12.1 Å². The topological polar surface area (TPSA) is 86.9 Å². The Labute approximate surface area is 134 Å². The van der Waals surface area contributed by atoms with Crippen LogP contribution in [0.15, 0.2) is 48.5 Å². The number of nitrogens with zero attached hydrogens (tertiary/aromatic N) is 2. The Bertz CT molecular complexity index is 838. The van der Waals surface area contributed by atoms with Gasteiger partial charge in [-0.2, -0.15) is 0 Å². The lowest BCUT2D eigenvalue weighted by Crippen LogP contribution is -2.13. The molecule has 1 heterocycles. The molecule has 1 aromatic heterocycles. The summed E-state index contributed by atoms with van der Waals surface area (Å²) in [6, 6.07) is 15.5. The molecule has 4 N–H and O–H groups in total. The Kier molecular flexibility index (Phi) is 4.39. The summed E-state index contributed by atoms with van der Waals surface area (Å²) in [6.07, 6.45) is 1.55. The molecule has 0 saturated heterocycles. The molecule has 5 heteroatoms. The molecule has 3 rings (SSSR count). The Morgan fingerprint density at radius 2 is 1.91 bits per heavy atom. The number of aromatic nitrogens is 2. The molecule has 1 amide bonds. The maximum atomic E-state index is 11.3. The first kappa shape index (κ1) is 15.2. The first-order chi connectivity index (χ1) is 11.2. The van der Waals surface area contributed by atoms with E-state index in [1.54, 1.807) is 6.07 Å². The van der Waals surface area contributed by atoms with Crippen LogP contribution in [0.3, 0.4) is 0 Å². The van der Waals surface area contributed by atoms with Crippen LogP contribution in [0.2, 0.25) is 0 Å². The van der Waals surface area contributed by atoms with Gasteiger partial charge >= 0.3 is 0 Å². The number of hydrogen-bond acceptors (Lipinski definition) is 3. The van der Waals surface area contributed by atoms with Crippen molar-refractivity contribution in [1.82, 2.24) is 9.55 Å². The van der Waals surface area contributed by atoms with Crippen molar-refractivity contribution in [3.63, 3.8) is 0 Å². The van der Waals surface area contributed by atoms with Gasteiger partial charge in [0, 0.05) is 18.5 Å². The van der Waals surface area contributed by atoms with Crippen molar-refractivity contribution >= 4 is 16.9 Å². The highest BCUT2D eigenvalue weighted by Gasteiger charge is 2.10. The Morgan fingerprint density at radius 1 is 1.09 bits per heavy atom. The second-order valence-corrected chi connectivity index (χ2v) is 5.52. The number of carbonyl (C=O) groups is 1. The van der Waals surface area contributed by atoms with E-state index in [1.165, 1.54) is 0 Å². The summed E-state index contributed by atoms with van der Waals surface area (Å²) in [5, 5.41) is 0. The van der Waals surface area contributed by atoms with Gasteiger partial charge in [-0.05, 0) is 42.8 Å². The molecule has 0 aliphatic heterocycles. The van der Waals surface area contributed by atoms with E-state index in [4.69, 9.17) is 11.5 Å². The van der Waals surface area contributed by atoms with Crippen molar-refractivity contribution in [2.45, 2.75) is 19.4 Å². The summed E-state index contributed by atoms with van der Waals surface area (Å²) in [7, 11) is 0. The Balaban J connectivity index is 1.87. The standard InChI is InChI=1S/C18H20N4O/c19-10-8-17-21-15-6-1-2-7-16(15)22(17)11-9-13-4-3-5-14(12-13)18(20)23/h1-7,12H,8-11,19H2,(H2,20,23). The lowest BCUT2D eigenvalue weighted by atomic mass is 10.1. The lowest BCUT2D eigenvalue weighted by molar-refractivity contribution is 0.1000. The number of para-hydroxylation sites is 2. The number of primary amides is 1. The van der Waals surface area contributed by atoms with Crippen LogP contribution in [-0.2, 0) is 19.4 Å². The molecule has 5 nitrogen and oxygen atoms in total. The molecular weight excluding hydrogens is 288 g/mol. The van der Waals surface area contributed by atoms with Crippen LogP contribution < -0.4 is 11.5 Å². The van der Waals surface area contributed by atoms with Gasteiger partial charge in [-0.25, -0.2) is 4.98 Å². The number of benzene rings is 2. The van der Waals surface area contributed by atoms with Gasteiger partial charge in [0.15, 0.2) is 0 Å². The Hall–Kier alpha value is -2.66. The smallest absolute Gasteiger partial charge is 0.248 e. The molecule has 0 aliphatic carbocycles. The average molecular weight is 308 g/mol. The molecule has 0 saturated carbocycles. The van der Waals surface area contributed by atoms with Crippen molar-refractivity contribution in [3.8, 4) is 0 Å². The van der Waals surface area contributed by atoms with E-state index in [1.807, 2.05) is 36.4 Å². The summed E-state index contributed by atoms with van der Waals surface area (Å²) < 4.78 is 2.21. The van der Waals surface area contributed by atoms with Crippen LogP contribution in [0.4, 0.5) is 0 Å². The molecule has 0 spiro atoms. The fourth-order valence-electron chi connectivity index (χ4n) is 2.82. The minimum atomic E-state index is -0.399. The van der Waals surface area contributed by atoms with Crippen molar-refractivity contribution in [3.05, 3.63) is 65.5 Å². The maximum absolute atomic E-state index is 11.3. The monoisotopic (exact) mass is 308 g/mol. The molecule has 2 aromatic carbocycles. The van der Waals surface area contributed by atoms with Crippen LogP contribution in [0.25, 0.3) is 11.0 Å². The lowest BCUT2D eigenvalue weighted by Gasteiger charge is -2.09. The van der Waals surface area contributed by atoms with Gasteiger partial charge in [0.2, 0.25) is 5.91 Å². The highest BCUT2D eigenvalue weighted by molar-refractivity contribution is 5.92. The predicted molar refractivity (Wildman–Crippen MR) is 91.2 cm³/mol. The number of rotatable bonds is 6. The van der Waals surface area contributed by atoms with E-state index in [0.717, 1.165) is 41.8 Å². The van der Waals surface area contributed by atoms with Crippen LogP contribution in [0, 0.1) is 0 Å². The van der Waals surface area contributed by atoms with Gasteiger partial charge in [-0.1, -0.05) is 24.3 Å². The molecule has 0 unspecified atom stereocenters. The van der Waals surface area contributed by atoms with Crippen LogP contribution in [0.1, 0.15) is 21.7 Å². The number of nitrogens with two attached hydrogens (primary N) is 2. The number of amides is 1. The summed E-state index contributed by atoms with van der Waals surface area (Å²) in [4.78, 5) is 16.0. The maximum Gasteiger partial charge on any atom is 0.248 e. The first-order valence-corrected chi connectivity index (χ1v) is 7.72. The largest absolute Gasteiger partial charge is 0.366 e. The third-order valence-corrected chi connectivity index (χ3v) is 3.94. The summed E-state index contributed by atoms with van der Waals surface area (Å²) in [5.74, 6) is 0.600. The van der Waals surface area contributed by atoms with E-state index in [-0.39, 0.29) is 0 Å². The van der Waals surface area contributed by atoms with Gasteiger partial charge in [0.25, 0.3) is 0 Å². The molecule has 0 aliphatic rings. The molecule has 23 heavy (non-hydrogen) atoms. The number of carbonyl (C=O) groups excluding carboxylic acids is 1. The molecule has 3 aromatic rings. The van der Waals surface area contributed by atoms with Crippen LogP contribution in [0.5, 0.6) is 0 Å². The zero-order valence-corrected chi connectivity index (χ0v) is 12.9. The van der Waals surface area contributed by atoms with Gasteiger partial charge in [0.1, 0.15) is 5.82 Å². The molecule has 0 radical (unpaired) electrons. The number of fused-ring (bicyclic) bond motifs is 1. The van der Waals surface area contributed by atoms with E-state index in [9.17, 15) is 4.79 Å². The van der Waals surface area contributed by atoms with Crippen LogP contribution in [-0.4, -0.2) is 22.0 Å². The van der Waals surface area contributed by atoms with Crippen molar-refractivity contribution < 1.29 is 4.79 Å². The van der Waals surface area contributed by atoms with Crippen molar-refractivity contribution in [2.75, 3.05) is 6.54 Å². The zero-order chi connectivity index (χ0) is 16.2. The fraction of sp³-hybridized carbons (Fsp3) is 0.222. The van der Waals surface area contributed by atoms with E-state index < -0.39 is 5.91 Å². The fourth-order valence-corrected chi connectivity index (χ4v) is 2.82. The summed E-state index contributed by atoms with van der Waals surface area (Å²) in [6.45, 7) is 1.36. The number of hydrogen-bond donors (Lipinski definition) is 2. The van der Waals surface area contributed by atoms with Crippen molar-refractivity contribution in [1.29, 1.82) is 0 Å². The van der Waals surface area contributed by atoms with Gasteiger partial charge < -0.3 is 16.0 Å². The Morgan fingerprint density at radius 3 is 2.70 bits per heavy atom. The second-order valence-electron chi connectivity index (χ2n) is 5.52. The van der Waals surface area contributed by atoms with Gasteiger partial charge in [-0.15, -0.1) is 0 Å². The van der Waals surface area contributed by atoms with Gasteiger partial charge in [0.05, 0.1) is 11.0 Å². The third kappa shape index (κ3) is 3.24. The quantitative estimate of drug-likeness (QED) is 0.729. The van der Waals surface area contributed by atoms with Crippen LogP contribution >= 0.6 is 0 Å². The number of imidazole rings is 1. The first-order valence-electron chi connectivity index (χ1n) is 7.72. The van der Waals surface area contributed by atoms with Crippen molar-refractivity contribution in [2.24, 2.45) is 11.5 Å². The summed E-state index contributed by atoms with van der Waals surface area (Å²) in [5.41, 5.74) is 14.8. The molecule has 0 atom stereocenters. The predicted octanol–water partition coefficient (Wildman–Crippen LogP) is 1.88. The summed E-state index contributed by atoms with van der Waals surface area (Å²) >= 11 is 0. The van der Waals surface area contributed by atoms with E-state index >= 15 is 0 Å². The van der Waals surface area contributed by atoms with Gasteiger partial charge in [-0.3, -0.25) is 4.79 Å². The average Bonchev–Trinajstić information content (AvgIpc) is 2.91. The molecule has 118 valence electrons. The highest BCUT2D eigenvalue weighted by Crippen LogP contribution is 2.17. The highest BCUT2D eigenvalue weighted by atomic mass is 16.1. The zero-order valence-electron chi connectivity index (χ0n) is 12.9. The minimum absolute atomic E-state index is 0.399. The number of aryl methyl sites for hydroxylation is 2. The molecular formula is C18H20N4O. The molecule has 0 fully saturated rings. The van der Waals surface area contributed by atoms with E-state index in [2.05, 4.69) is 15.6 Å². The second kappa shape index (κ2) is 6.62. The third-order valence-electron chi connectivity index (χ3n) is 3.94. The minimum Gasteiger partial charge on any atom is -0.366 e.